The number of azo groups is 1. The lowest BCUT2D eigenvalue weighted by molar-refractivity contribution is 0.835. The minimum absolute atomic E-state index is 0.244. The molecule has 162 valence electrons. The van der Waals surface area contributed by atoms with Gasteiger partial charge in [-0.05, 0) is 55.5 Å². The minimum atomic E-state index is -0.322. The first kappa shape index (κ1) is 20.1. The lowest BCUT2D eigenvalue weighted by atomic mass is 10.2. The van der Waals surface area contributed by atoms with Gasteiger partial charge in [0.25, 0.3) is 5.56 Å². The molecular weight excluding hydrogens is 418 g/mol. The second-order valence-corrected chi connectivity index (χ2v) is 7.33. The molecule has 0 aliphatic rings. The molecule has 5 rings (SSSR count). The van der Waals surface area contributed by atoms with Crippen LogP contribution in [0.3, 0.4) is 0 Å². The highest BCUT2D eigenvalue weighted by atomic mass is 16.2. The first-order valence-electron chi connectivity index (χ1n) is 10.2. The first-order chi connectivity index (χ1) is 16.1. The van der Waals surface area contributed by atoms with Crippen molar-refractivity contribution in [3.05, 3.63) is 111 Å². The summed E-state index contributed by atoms with van der Waals surface area (Å²) in [6.45, 7) is 1.78. The number of para-hydroxylation sites is 2. The summed E-state index contributed by atoms with van der Waals surface area (Å²) >= 11 is 0. The van der Waals surface area contributed by atoms with Gasteiger partial charge >= 0.3 is 5.69 Å². The van der Waals surface area contributed by atoms with Crippen molar-refractivity contribution in [3.63, 3.8) is 0 Å². The number of hydrogen-bond acceptors (Lipinski definition) is 5. The molecule has 33 heavy (non-hydrogen) atoms. The molecule has 2 heterocycles. The highest BCUT2D eigenvalue weighted by Crippen LogP contribution is 2.24. The minimum Gasteiger partial charge on any atom is -0.293 e. The van der Waals surface area contributed by atoms with Gasteiger partial charge in [-0.2, -0.15) is 10.2 Å². The van der Waals surface area contributed by atoms with Crippen LogP contribution in [0.5, 0.6) is 0 Å². The maximum Gasteiger partial charge on any atom is 0.348 e. The van der Waals surface area contributed by atoms with Gasteiger partial charge in [0.2, 0.25) is 0 Å². The highest BCUT2D eigenvalue weighted by Gasteiger charge is 2.13. The average molecular weight is 437 g/mol. The van der Waals surface area contributed by atoms with Gasteiger partial charge in [-0.1, -0.05) is 36.4 Å². The van der Waals surface area contributed by atoms with E-state index in [2.05, 4.69) is 25.5 Å². The fourth-order valence-corrected chi connectivity index (χ4v) is 3.51. The van der Waals surface area contributed by atoms with Crippen LogP contribution in [-0.4, -0.2) is 24.5 Å². The molecule has 0 saturated heterocycles. The van der Waals surface area contributed by atoms with E-state index in [1.807, 2.05) is 60.7 Å². The van der Waals surface area contributed by atoms with Gasteiger partial charge in [0.1, 0.15) is 0 Å². The number of nitrogens with zero attached hydrogens (tertiary/aromatic N) is 5. The molecule has 2 N–H and O–H groups in total. The standard InChI is InChI=1S/C24H19N7O2/c1-16-21(23(32)31(29-16)20-10-6-3-7-11-20)26-25-18-14-12-17(13-15-18)22-27-28-24(33)30(22)19-8-4-2-5-9-19/h2-15,29H,1H3,(H,28,33). The van der Waals surface area contributed by atoms with E-state index >= 15 is 0 Å². The van der Waals surface area contributed by atoms with Crippen LogP contribution in [0.2, 0.25) is 0 Å². The predicted octanol–water partition coefficient (Wildman–Crippen LogP) is 4.43. The summed E-state index contributed by atoms with van der Waals surface area (Å²) in [7, 11) is 0. The number of hydrogen-bond donors (Lipinski definition) is 2. The van der Waals surface area contributed by atoms with Gasteiger partial charge in [-0.15, -0.1) is 5.11 Å². The van der Waals surface area contributed by atoms with E-state index in [1.54, 1.807) is 31.2 Å². The van der Waals surface area contributed by atoms with E-state index in [0.717, 1.165) is 11.3 Å². The second-order valence-electron chi connectivity index (χ2n) is 7.33. The summed E-state index contributed by atoms with van der Waals surface area (Å²) in [4.78, 5) is 25.0. The van der Waals surface area contributed by atoms with E-state index in [0.29, 0.717) is 22.9 Å². The summed E-state index contributed by atoms with van der Waals surface area (Å²) in [5.74, 6) is 0.488. The maximum atomic E-state index is 12.8. The van der Waals surface area contributed by atoms with E-state index in [4.69, 9.17) is 0 Å². The monoisotopic (exact) mass is 437 g/mol. The predicted molar refractivity (Wildman–Crippen MR) is 125 cm³/mol. The van der Waals surface area contributed by atoms with Crippen LogP contribution >= 0.6 is 0 Å². The van der Waals surface area contributed by atoms with E-state index in [-0.39, 0.29) is 16.9 Å². The Morgan fingerprint density at radius 2 is 1.42 bits per heavy atom. The molecule has 0 aliphatic carbocycles. The van der Waals surface area contributed by atoms with Gasteiger partial charge in [-0.25, -0.2) is 19.1 Å². The molecule has 0 saturated carbocycles. The summed E-state index contributed by atoms with van der Waals surface area (Å²) in [5.41, 5.74) is 3.00. The van der Waals surface area contributed by atoms with Crippen LogP contribution in [0.15, 0.2) is 105 Å². The van der Waals surface area contributed by atoms with Gasteiger partial charge in [0.05, 0.1) is 22.8 Å². The third-order valence-electron chi connectivity index (χ3n) is 5.13. The number of H-pyrrole nitrogens is 2. The van der Waals surface area contributed by atoms with Crippen molar-refractivity contribution in [3.8, 4) is 22.8 Å². The van der Waals surface area contributed by atoms with Crippen LogP contribution in [0.25, 0.3) is 22.8 Å². The van der Waals surface area contributed by atoms with Crippen molar-refractivity contribution in [1.29, 1.82) is 0 Å². The molecule has 0 unspecified atom stereocenters. The van der Waals surface area contributed by atoms with Crippen LogP contribution in [0.1, 0.15) is 5.69 Å². The molecule has 0 spiro atoms. The van der Waals surface area contributed by atoms with Crippen molar-refractivity contribution >= 4 is 11.4 Å². The molecule has 9 nitrogen and oxygen atoms in total. The van der Waals surface area contributed by atoms with Gasteiger partial charge < -0.3 is 0 Å². The first-order valence-corrected chi connectivity index (χ1v) is 10.2. The number of aromatic nitrogens is 5. The maximum absolute atomic E-state index is 12.8. The highest BCUT2D eigenvalue weighted by molar-refractivity contribution is 5.60. The number of aryl methyl sites for hydroxylation is 1. The molecule has 0 aliphatic heterocycles. The van der Waals surface area contributed by atoms with Crippen LogP contribution in [0, 0.1) is 6.92 Å². The molecule has 0 fully saturated rings. The number of aromatic amines is 2. The SMILES string of the molecule is Cc1[nH]n(-c2ccccc2)c(=O)c1N=Nc1ccc(-c2n[nH]c(=O)n2-c2ccccc2)cc1. The Morgan fingerprint density at radius 1 is 0.788 bits per heavy atom. The molecule has 3 aromatic carbocycles. The van der Waals surface area contributed by atoms with Gasteiger partial charge in [0, 0.05) is 5.56 Å². The molecule has 0 bridgehead atoms. The number of benzene rings is 3. The quantitative estimate of drug-likeness (QED) is 0.397. The molecular formula is C24H19N7O2. The van der Waals surface area contributed by atoms with E-state index in [9.17, 15) is 9.59 Å². The molecule has 0 atom stereocenters. The molecule has 0 amide bonds. The Bertz CT molecular complexity index is 1540. The van der Waals surface area contributed by atoms with Crippen molar-refractivity contribution < 1.29 is 0 Å². The normalized spacial score (nSPS) is 11.3. The van der Waals surface area contributed by atoms with E-state index in [1.165, 1.54) is 9.25 Å². The molecule has 0 radical (unpaired) electrons. The zero-order valence-electron chi connectivity index (χ0n) is 17.6. The van der Waals surface area contributed by atoms with Gasteiger partial charge in [-0.3, -0.25) is 9.89 Å². The van der Waals surface area contributed by atoms with Crippen LogP contribution < -0.4 is 11.2 Å². The Morgan fingerprint density at radius 3 is 2.09 bits per heavy atom. The van der Waals surface area contributed by atoms with Crippen LogP contribution in [-0.2, 0) is 0 Å². The van der Waals surface area contributed by atoms with Crippen LogP contribution in [0.4, 0.5) is 11.4 Å². The van der Waals surface area contributed by atoms with Crippen molar-refractivity contribution in [1.82, 2.24) is 24.5 Å². The van der Waals surface area contributed by atoms with Crippen molar-refractivity contribution in [2.45, 2.75) is 6.92 Å². The Kier molecular flexibility index (Phi) is 5.12. The molecule has 9 heteroatoms. The molecule has 2 aromatic heterocycles. The summed E-state index contributed by atoms with van der Waals surface area (Å²) in [6, 6.07) is 25.7. The summed E-state index contributed by atoms with van der Waals surface area (Å²) < 4.78 is 2.94. The summed E-state index contributed by atoms with van der Waals surface area (Å²) in [5, 5.41) is 18.1. The Labute approximate surface area is 187 Å². The topological polar surface area (TPSA) is 113 Å². The largest absolute Gasteiger partial charge is 0.348 e. The zero-order valence-corrected chi connectivity index (χ0v) is 17.6. The smallest absolute Gasteiger partial charge is 0.293 e. The van der Waals surface area contributed by atoms with Gasteiger partial charge in [0.15, 0.2) is 11.5 Å². The molecule has 5 aromatic rings. The van der Waals surface area contributed by atoms with Crippen molar-refractivity contribution in [2.24, 2.45) is 10.2 Å². The zero-order chi connectivity index (χ0) is 22.8. The third kappa shape index (κ3) is 3.83. The Balaban J connectivity index is 1.43. The lowest BCUT2D eigenvalue weighted by Gasteiger charge is -2.05. The van der Waals surface area contributed by atoms with E-state index < -0.39 is 0 Å². The number of rotatable bonds is 5. The summed E-state index contributed by atoms with van der Waals surface area (Å²) in [6.07, 6.45) is 0. The third-order valence-corrected chi connectivity index (χ3v) is 5.13. The van der Waals surface area contributed by atoms with Crippen molar-refractivity contribution in [2.75, 3.05) is 0 Å². The average Bonchev–Trinajstić information content (AvgIpc) is 3.38. The second kappa shape index (κ2) is 8.39. The number of nitrogens with one attached hydrogen (secondary N) is 2. The lowest BCUT2D eigenvalue weighted by Crippen LogP contribution is -2.15. The Hall–Kier alpha value is -4.79. The fraction of sp³-hybridized carbons (Fsp3) is 0.0417. The fourth-order valence-electron chi connectivity index (χ4n) is 3.51.